The Morgan fingerprint density at radius 1 is 1.00 bits per heavy atom. The number of carbonyl (C=O) groups excluding carboxylic acids is 2. The zero-order chi connectivity index (χ0) is 21.8. The molecule has 1 aromatic heterocycles. The van der Waals surface area contributed by atoms with Crippen molar-refractivity contribution in [2.75, 3.05) is 17.2 Å². The second-order valence-electron chi connectivity index (χ2n) is 7.24. The van der Waals surface area contributed by atoms with E-state index in [1.54, 1.807) is 4.90 Å². The Bertz CT molecular complexity index is 1170. The number of fused-ring (bicyclic) bond motifs is 1. The maximum Gasteiger partial charge on any atom is 0.323 e. The Morgan fingerprint density at radius 3 is 2.58 bits per heavy atom. The van der Waals surface area contributed by atoms with Crippen LogP contribution < -0.4 is 16.2 Å². The molecule has 0 radical (unpaired) electrons. The van der Waals surface area contributed by atoms with Gasteiger partial charge in [-0.3, -0.25) is 9.59 Å². The third kappa shape index (κ3) is 4.48. The van der Waals surface area contributed by atoms with E-state index in [1.807, 2.05) is 55.5 Å². The summed E-state index contributed by atoms with van der Waals surface area (Å²) in [6.45, 7) is 3.12. The number of nitrogens with zero attached hydrogens (tertiary/aromatic N) is 3. The van der Waals surface area contributed by atoms with Crippen LogP contribution in [0, 0.1) is 0 Å². The zero-order valence-electron chi connectivity index (χ0n) is 17.2. The van der Waals surface area contributed by atoms with E-state index in [2.05, 4.69) is 15.7 Å². The molecule has 8 nitrogen and oxygen atoms in total. The average Bonchev–Trinajstić information content (AvgIpc) is 2.79. The van der Waals surface area contributed by atoms with Crippen LogP contribution in [0.2, 0.25) is 0 Å². The van der Waals surface area contributed by atoms with Gasteiger partial charge in [0.15, 0.2) is 0 Å². The van der Waals surface area contributed by atoms with Crippen molar-refractivity contribution >= 4 is 23.3 Å². The van der Waals surface area contributed by atoms with Gasteiger partial charge in [-0.1, -0.05) is 30.3 Å². The summed E-state index contributed by atoms with van der Waals surface area (Å²) in [5, 5.41) is 9.89. The minimum atomic E-state index is -0.316. The molecule has 0 saturated heterocycles. The molecule has 3 amide bonds. The number of rotatable bonds is 4. The van der Waals surface area contributed by atoms with Crippen LogP contribution in [0.25, 0.3) is 0 Å². The first-order chi connectivity index (χ1) is 15.0. The van der Waals surface area contributed by atoms with Gasteiger partial charge in [-0.05, 0) is 48.7 Å². The lowest BCUT2D eigenvalue weighted by Crippen LogP contribution is -2.38. The smallest absolute Gasteiger partial charge is 0.323 e. The van der Waals surface area contributed by atoms with Crippen LogP contribution >= 0.6 is 0 Å². The van der Waals surface area contributed by atoms with E-state index in [9.17, 15) is 14.4 Å². The Hall–Kier alpha value is -3.94. The van der Waals surface area contributed by atoms with E-state index < -0.39 is 0 Å². The molecule has 2 N–H and O–H groups in total. The van der Waals surface area contributed by atoms with Gasteiger partial charge in [0.1, 0.15) is 5.69 Å². The molecule has 4 rings (SSSR count). The summed E-state index contributed by atoms with van der Waals surface area (Å²) in [5.74, 6) is -0.215. The van der Waals surface area contributed by atoms with Crippen LogP contribution in [0.15, 0.2) is 65.5 Å². The lowest BCUT2D eigenvalue weighted by Gasteiger charge is -2.30. The zero-order valence-corrected chi connectivity index (χ0v) is 17.2. The molecule has 2 aromatic carbocycles. The Kier molecular flexibility index (Phi) is 5.79. The molecule has 0 unspecified atom stereocenters. The Morgan fingerprint density at radius 2 is 1.81 bits per heavy atom. The summed E-state index contributed by atoms with van der Waals surface area (Å²) >= 11 is 0. The normalized spacial score (nSPS) is 12.7. The summed E-state index contributed by atoms with van der Waals surface area (Å²) < 4.78 is 1.28. The highest BCUT2D eigenvalue weighted by Gasteiger charge is 2.25. The molecule has 0 aliphatic carbocycles. The number of nitrogens with one attached hydrogen (secondary N) is 2. The SMILES string of the molecule is CCn1nc(C(=O)N2CCc3c(cccc3NC(=O)Nc3ccccc3)C2)ccc1=O. The van der Waals surface area contributed by atoms with Crippen LogP contribution in [0.3, 0.4) is 0 Å². The molecule has 2 heterocycles. The Labute approximate surface area is 179 Å². The highest BCUT2D eigenvalue weighted by Crippen LogP contribution is 2.27. The minimum absolute atomic E-state index is 0.215. The highest BCUT2D eigenvalue weighted by atomic mass is 16.2. The topological polar surface area (TPSA) is 96.3 Å². The van der Waals surface area contributed by atoms with Crippen LogP contribution in [0.4, 0.5) is 16.2 Å². The van der Waals surface area contributed by atoms with Crippen LogP contribution in [0.5, 0.6) is 0 Å². The minimum Gasteiger partial charge on any atom is -0.333 e. The molecular weight excluding hydrogens is 394 g/mol. The first kappa shape index (κ1) is 20.3. The fourth-order valence-electron chi connectivity index (χ4n) is 3.66. The van der Waals surface area contributed by atoms with Gasteiger partial charge in [-0.2, -0.15) is 5.10 Å². The predicted octanol–water partition coefficient (Wildman–Crippen LogP) is 3.11. The number of benzene rings is 2. The molecule has 31 heavy (non-hydrogen) atoms. The number of aromatic nitrogens is 2. The van der Waals surface area contributed by atoms with Gasteiger partial charge in [0.05, 0.1) is 0 Å². The van der Waals surface area contributed by atoms with Crippen molar-refractivity contribution < 1.29 is 9.59 Å². The van der Waals surface area contributed by atoms with Gasteiger partial charge in [-0.25, -0.2) is 9.48 Å². The maximum absolute atomic E-state index is 12.9. The van der Waals surface area contributed by atoms with Gasteiger partial charge >= 0.3 is 6.03 Å². The van der Waals surface area contributed by atoms with Gasteiger partial charge < -0.3 is 15.5 Å². The lowest BCUT2D eigenvalue weighted by molar-refractivity contribution is 0.0726. The average molecular weight is 417 g/mol. The summed E-state index contributed by atoms with van der Waals surface area (Å²) in [4.78, 5) is 38.8. The summed E-state index contributed by atoms with van der Waals surface area (Å²) in [7, 11) is 0. The number of hydrogen-bond donors (Lipinski definition) is 2. The Balaban J connectivity index is 1.48. The first-order valence-corrected chi connectivity index (χ1v) is 10.2. The number of amides is 3. The number of aryl methyl sites for hydroxylation is 1. The molecule has 3 aromatic rings. The third-order valence-corrected chi connectivity index (χ3v) is 5.22. The molecule has 0 fully saturated rings. The van der Waals surface area contributed by atoms with Crippen molar-refractivity contribution in [3.63, 3.8) is 0 Å². The third-order valence-electron chi connectivity index (χ3n) is 5.22. The predicted molar refractivity (Wildman–Crippen MR) is 118 cm³/mol. The fraction of sp³-hybridized carbons (Fsp3) is 0.217. The summed E-state index contributed by atoms with van der Waals surface area (Å²) in [6, 6.07) is 17.4. The van der Waals surface area contributed by atoms with Gasteiger partial charge in [0.2, 0.25) is 0 Å². The molecule has 158 valence electrons. The molecule has 0 bridgehead atoms. The first-order valence-electron chi connectivity index (χ1n) is 10.2. The van der Waals surface area contributed by atoms with E-state index in [1.165, 1.54) is 16.8 Å². The summed E-state index contributed by atoms with van der Waals surface area (Å²) in [5.41, 5.74) is 3.45. The maximum atomic E-state index is 12.9. The number of anilines is 2. The molecule has 0 spiro atoms. The van der Waals surface area contributed by atoms with Crippen molar-refractivity contribution in [3.05, 3.63) is 87.8 Å². The molecular formula is C23H23N5O3. The quantitative estimate of drug-likeness (QED) is 0.682. The van der Waals surface area contributed by atoms with Crippen molar-refractivity contribution in [2.24, 2.45) is 0 Å². The van der Waals surface area contributed by atoms with E-state index in [0.717, 1.165) is 16.8 Å². The van der Waals surface area contributed by atoms with E-state index in [4.69, 9.17) is 0 Å². The monoisotopic (exact) mass is 417 g/mol. The van der Waals surface area contributed by atoms with E-state index in [0.29, 0.717) is 31.7 Å². The number of para-hydroxylation sites is 1. The highest BCUT2D eigenvalue weighted by molar-refractivity contribution is 6.00. The van der Waals surface area contributed by atoms with Crippen molar-refractivity contribution in [3.8, 4) is 0 Å². The molecule has 0 saturated carbocycles. The van der Waals surface area contributed by atoms with Crippen molar-refractivity contribution in [1.82, 2.24) is 14.7 Å². The van der Waals surface area contributed by atoms with Gasteiger partial charge in [-0.15, -0.1) is 0 Å². The fourth-order valence-corrected chi connectivity index (χ4v) is 3.66. The largest absolute Gasteiger partial charge is 0.333 e. The van der Waals surface area contributed by atoms with Crippen LogP contribution in [-0.4, -0.2) is 33.2 Å². The molecule has 8 heteroatoms. The second-order valence-corrected chi connectivity index (χ2v) is 7.24. The number of hydrogen-bond acceptors (Lipinski definition) is 4. The second kappa shape index (κ2) is 8.83. The molecule has 1 aliphatic rings. The van der Waals surface area contributed by atoms with Crippen molar-refractivity contribution in [2.45, 2.75) is 26.4 Å². The standard InChI is InChI=1S/C23H23N5O3/c1-2-28-21(29)12-11-20(26-28)22(30)27-14-13-18-16(15-27)7-6-10-19(18)25-23(31)24-17-8-4-3-5-9-17/h3-12H,2,13-15H2,1H3,(H2,24,25,31). The molecule has 1 aliphatic heterocycles. The van der Waals surface area contributed by atoms with Gasteiger partial charge in [0.25, 0.3) is 11.5 Å². The van der Waals surface area contributed by atoms with Crippen LogP contribution in [-0.2, 0) is 19.5 Å². The van der Waals surface area contributed by atoms with E-state index in [-0.39, 0.29) is 23.2 Å². The molecule has 0 atom stereocenters. The number of carbonyl (C=O) groups is 2. The lowest BCUT2D eigenvalue weighted by atomic mass is 9.97. The number of urea groups is 1. The summed E-state index contributed by atoms with van der Waals surface area (Å²) in [6.07, 6.45) is 0.607. The van der Waals surface area contributed by atoms with Gasteiger partial charge in [0, 0.05) is 37.1 Å². The van der Waals surface area contributed by atoms with Crippen LogP contribution in [0.1, 0.15) is 28.5 Å². The van der Waals surface area contributed by atoms with Crippen molar-refractivity contribution in [1.29, 1.82) is 0 Å². The van der Waals surface area contributed by atoms with E-state index >= 15 is 0 Å².